The third kappa shape index (κ3) is 2.87. The molecule has 2 unspecified atom stereocenters. The van der Waals surface area contributed by atoms with Gasteiger partial charge in [-0.1, -0.05) is 0 Å². The molecule has 0 bridgehead atoms. The van der Waals surface area contributed by atoms with Crippen LogP contribution in [0.3, 0.4) is 0 Å². The van der Waals surface area contributed by atoms with Crippen LogP contribution in [0.4, 0.5) is 0 Å². The van der Waals surface area contributed by atoms with Gasteiger partial charge in [0.05, 0.1) is 25.0 Å². The minimum Gasteiger partial charge on any atom is -0.467 e. The molecular weight excluding hydrogens is 220 g/mol. The summed E-state index contributed by atoms with van der Waals surface area (Å²) >= 11 is 0. The molecule has 0 aliphatic carbocycles. The summed E-state index contributed by atoms with van der Waals surface area (Å²) in [6.07, 6.45) is 1.69. The highest BCUT2D eigenvalue weighted by Gasteiger charge is 2.30. The van der Waals surface area contributed by atoms with Crippen LogP contribution in [0, 0.1) is 0 Å². The van der Waals surface area contributed by atoms with Crippen LogP contribution in [-0.4, -0.2) is 41.1 Å². The van der Waals surface area contributed by atoms with E-state index in [1.54, 1.807) is 11.2 Å². The third-order valence-corrected chi connectivity index (χ3v) is 3.03. The average molecular weight is 238 g/mol. The Morgan fingerprint density at radius 1 is 1.71 bits per heavy atom. The lowest BCUT2D eigenvalue weighted by Crippen LogP contribution is -2.43. The molecule has 1 fully saturated rings. The van der Waals surface area contributed by atoms with Crippen molar-refractivity contribution < 1.29 is 14.3 Å². The molecule has 17 heavy (non-hydrogen) atoms. The molecule has 94 valence electrons. The van der Waals surface area contributed by atoms with Crippen LogP contribution in [0.15, 0.2) is 22.8 Å². The van der Waals surface area contributed by atoms with Gasteiger partial charge in [0.1, 0.15) is 5.76 Å². The molecule has 2 atom stereocenters. The summed E-state index contributed by atoms with van der Waals surface area (Å²) in [5.74, 6) is 0.805. The Bertz CT molecular complexity index is 364. The van der Waals surface area contributed by atoms with E-state index in [-0.39, 0.29) is 11.9 Å². The molecule has 0 saturated carbocycles. The lowest BCUT2D eigenvalue weighted by molar-refractivity contribution is -0.133. The first-order chi connectivity index (χ1) is 8.20. The van der Waals surface area contributed by atoms with Crippen LogP contribution in [0.5, 0.6) is 0 Å². The Morgan fingerprint density at radius 2 is 2.53 bits per heavy atom. The number of nitrogens with one attached hydrogen (secondary N) is 1. The van der Waals surface area contributed by atoms with Gasteiger partial charge in [0.2, 0.25) is 5.91 Å². The normalized spacial score (nSPS) is 23.9. The van der Waals surface area contributed by atoms with Crippen LogP contribution < -0.4 is 5.32 Å². The number of carbonyl (C=O) groups is 1. The SMILES string of the molecule is CCN(Cc1ccco1)C(=O)C1CC(O)CN1. The number of hydrogen-bond acceptors (Lipinski definition) is 4. The predicted octanol–water partition coefficient (Wildman–Crippen LogP) is 0.351. The fourth-order valence-corrected chi connectivity index (χ4v) is 2.06. The summed E-state index contributed by atoms with van der Waals surface area (Å²) in [4.78, 5) is 13.9. The number of rotatable bonds is 4. The Kier molecular flexibility index (Phi) is 3.81. The van der Waals surface area contributed by atoms with E-state index in [1.165, 1.54) is 0 Å². The molecule has 2 heterocycles. The predicted molar refractivity (Wildman–Crippen MR) is 62.2 cm³/mol. The van der Waals surface area contributed by atoms with Crippen LogP contribution in [0.2, 0.25) is 0 Å². The highest BCUT2D eigenvalue weighted by molar-refractivity contribution is 5.82. The van der Waals surface area contributed by atoms with Crippen molar-refractivity contribution in [2.24, 2.45) is 0 Å². The zero-order valence-electron chi connectivity index (χ0n) is 9.93. The number of hydrogen-bond donors (Lipinski definition) is 2. The molecular formula is C12H18N2O3. The first kappa shape index (κ1) is 12.1. The lowest BCUT2D eigenvalue weighted by atomic mass is 10.2. The van der Waals surface area contributed by atoms with Crippen molar-refractivity contribution in [2.75, 3.05) is 13.1 Å². The molecule has 1 aromatic rings. The van der Waals surface area contributed by atoms with Gasteiger partial charge in [0.25, 0.3) is 0 Å². The van der Waals surface area contributed by atoms with E-state index in [0.29, 0.717) is 26.1 Å². The molecule has 0 aromatic carbocycles. The number of amides is 1. The van der Waals surface area contributed by atoms with Gasteiger partial charge in [-0.3, -0.25) is 4.79 Å². The molecule has 0 spiro atoms. The second-order valence-electron chi connectivity index (χ2n) is 4.28. The van der Waals surface area contributed by atoms with Crippen molar-refractivity contribution in [3.05, 3.63) is 24.2 Å². The summed E-state index contributed by atoms with van der Waals surface area (Å²) in [5, 5.41) is 12.4. The minimum atomic E-state index is -0.411. The van der Waals surface area contributed by atoms with Crippen LogP contribution >= 0.6 is 0 Å². The highest BCUT2D eigenvalue weighted by atomic mass is 16.3. The van der Waals surface area contributed by atoms with E-state index in [1.807, 2.05) is 19.1 Å². The maximum Gasteiger partial charge on any atom is 0.240 e. The van der Waals surface area contributed by atoms with Crippen molar-refractivity contribution in [1.82, 2.24) is 10.2 Å². The summed E-state index contributed by atoms with van der Waals surface area (Å²) in [6.45, 7) is 3.55. The number of carbonyl (C=O) groups excluding carboxylic acids is 1. The monoisotopic (exact) mass is 238 g/mol. The molecule has 0 radical (unpaired) electrons. The molecule has 1 amide bonds. The number of likely N-dealkylation sites (N-methyl/N-ethyl adjacent to an activating group) is 1. The Morgan fingerprint density at radius 3 is 3.06 bits per heavy atom. The summed E-state index contributed by atoms with van der Waals surface area (Å²) in [6, 6.07) is 3.40. The fourth-order valence-electron chi connectivity index (χ4n) is 2.06. The van der Waals surface area contributed by atoms with Crippen molar-refractivity contribution in [1.29, 1.82) is 0 Å². The molecule has 1 saturated heterocycles. The molecule has 5 heteroatoms. The van der Waals surface area contributed by atoms with E-state index in [2.05, 4.69) is 5.32 Å². The van der Waals surface area contributed by atoms with Crippen molar-refractivity contribution >= 4 is 5.91 Å². The highest BCUT2D eigenvalue weighted by Crippen LogP contribution is 2.12. The first-order valence-corrected chi connectivity index (χ1v) is 5.93. The molecule has 5 nitrogen and oxygen atoms in total. The summed E-state index contributed by atoms with van der Waals surface area (Å²) in [7, 11) is 0. The van der Waals surface area contributed by atoms with E-state index in [9.17, 15) is 9.90 Å². The zero-order valence-corrected chi connectivity index (χ0v) is 9.93. The van der Waals surface area contributed by atoms with E-state index in [0.717, 1.165) is 5.76 Å². The van der Waals surface area contributed by atoms with E-state index < -0.39 is 6.10 Å². The Hall–Kier alpha value is -1.33. The smallest absolute Gasteiger partial charge is 0.240 e. The minimum absolute atomic E-state index is 0.0282. The fraction of sp³-hybridized carbons (Fsp3) is 0.583. The quantitative estimate of drug-likeness (QED) is 0.794. The molecule has 1 aromatic heterocycles. The first-order valence-electron chi connectivity index (χ1n) is 5.93. The molecule has 1 aliphatic heterocycles. The topological polar surface area (TPSA) is 65.7 Å². The molecule has 2 rings (SSSR count). The maximum absolute atomic E-state index is 12.2. The summed E-state index contributed by atoms with van der Waals surface area (Å²) in [5.41, 5.74) is 0. The van der Waals surface area contributed by atoms with Gasteiger partial charge in [0, 0.05) is 13.1 Å². The van der Waals surface area contributed by atoms with Crippen LogP contribution in [0.1, 0.15) is 19.1 Å². The third-order valence-electron chi connectivity index (χ3n) is 3.03. The van der Waals surface area contributed by atoms with Gasteiger partial charge in [0.15, 0.2) is 0 Å². The van der Waals surface area contributed by atoms with E-state index in [4.69, 9.17) is 4.42 Å². The van der Waals surface area contributed by atoms with Gasteiger partial charge >= 0.3 is 0 Å². The van der Waals surface area contributed by atoms with E-state index >= 15 is 0 Å². The summed E-state index contributed by atoms with van der Waals surface area (Å²) < 4.78 is 5.24. The van der Waals surface area contributed by atoms with Gasteiger partial charge < -0.3 is 19.7 Å². The van der Waals surface area contributed by atoms with Crippen LogP contribution in [-0.2, 0) is 11.3 Å². The number of aliphatic hydroxyl groups excluding tert-OH is 1. The molecule has 1 aliphatic rings. The van der Waals surface area contributed by atoms with Gasteiger partial charge in [-0.25, -0.2) is 0 Å². The maximum atomic E-state index is 12.2. The number of aliphatic hydroxyl groups is 1. The van der Waals surface area contributed by atoms with Gasteiger partial charge in [-0.15, -0.1) is 0 Å². The number of furan rings is 1. The second kappa shape index (κ2) is 5.33. The van der Waals surface area contributed by atoms with Crippen molar-refractivity contribution in [2.45, 2.75) is 32.0 Å². The molecule has 2 N–H and O–H groups in total. The van der Waals surface area contributed by atoms with Crippen molar-refractivity contribution in [3.63, 3.8) is 0 Å². The zero-order chi connectivity index (χ0) is 12.3. The van der Waals surface area contributed by atoms with Crippen molar-refractivity contribution in [3.8, 4) is 0 Å². The average Bonchev–Trinajstić information content (AvgIpc) is 2.96. The Balaban J connectivity index is 1.95. The lowest BCUT2D eigenvalue weighted by Gasteiger charge is -2.23. The van der Waals surface area contributed by atoms with Gasteiger partial charge in [-0.05, 0) is 25.5 Å². The standard InChI is InChI=1S/C12H18N2O3/c1-2-14(8-10-4-3-5-17-10)12(16)11-6-9(15)7-13-11/h3-5,9,11,13,15H,2,6-8H2,1H3. The Labute approximate surface area is 100 Å². The largest absolute Gasteiger partial charge is 0.467 e. The van der Waals surface area contributed by atoms with Gasteiger partial charge in [-0.2, -0.15) is 0 Å². The van der Waals surface area contributed by atoms with Crippen LogP contribution in [0.25, 0.3) is 0 Å². The second-order valence-corrected chi connectivity index (χ2v) is 4.28. The number of β-amino-alcohol motifs (C(OH)–C–C–N with tert-alkyl or cyclic N) is 1. The number of nitrogens with zero attached hydrogens (tertiary/aromatic N) is 1.